The van der Waals surface area contributed by atoms with Gasteiger partial charge in [0.05, 0.1) is 12.0 Å². The van der Waals surface area contributed by atoms with Gasteiger partial charge in [0, 0.05) is 12.7 Å². The van der Waals surface area contributed by atoms with Crippen molar-refractivity contribution in [3.05, 3.63) is 23.6 Å². The van der Waals surface area contributed by atoms with Gasteiger partial charge in [-0.15, -0.1) is 0 Å². The van der Waals surface area contributed by atoms with Crippen LogP contribution in [-0.4, -0.2) is 23.6 Å². The first-order valence-electron chi connectivity index (χ1n) is 4.56. The van der Waals surface area contributed by atoms with Gasteiger partial charge in [0.15, 0.2) is 11.6 Å². The van der Waals surface area contributed by atoms with Crippen molar-refractivity contribution in [1.29, 1.82) is 0 Å². The van der Waals surface area contributed by atoms with Gasteiger partial charge in [0.2, 0.25) is 0 Å². The maximum absolute atomic E-state index is 13.2. The van der Waals surface area contributed by atoms with E-state index in [1.54, 1.807) is 0 Å². The zero-order valence-electron chi connectivity index (χ0n) is 8.51. The van der Waals surface area contributed by atoms with Crippen molar-refractivity contribution in [3.8, 4) is 0 Å². The zero-order valence-corrected chi connectivity index (χ0v) is 8.51. The summed E-state index contributed by atoms with van der Waals surface area (Å²) in [4.78, 5) is 14.7. The van der Waals surface area contributed by atoms with Crippen LogP contribution in [0.25, 0.3) is 0 Å². The SMILES string of the molecule is Nc1nccc(C(=O)NCCC(F)(F)F)c1F. The van der Waals surface area contributed by atoms with E-state index >= 15 is 0 Å². The number of hydrogen-bond acceptors (Lipinski definition) is 3. The van der Waals surface area contributed by atoms with Gasteiger partial charge in [0.25, 0.3) is 5.91 Å². The third kappa shape index (κ3) is 3.89. The predicted octanol–water partition coefficient (Wildman–Crippen LogP) is 1.49. The van der Waals surface area contributed by atoms with Gasteiger partial charge in [0.1, 0.15) is 0 Å². The van der Waals surface area contributed by atoms with Crippen LogP contribution in [0.5, 0.6) is 0 Å². The van der Waals surface area contributed by atoms with E-state index in [0.717, 1.165) is 12.3 Å². The Morgan fingerprint density at radius 1 is 1.47 bits per heavy atom. The molecule has 3 N–H and O–H groups in total. The third-order valence-corrected chi connectivity index (χ3v) is 1.85. The van der Waals surface area contributed by atoms with Gasteiger partial charge >= 0.3 is 6.18 Å². The van der Waals surface area contributed by atoms with Crippen molar-refractivity contribution in [2.45, 2.75) is 12.6 Å². The number of carbonyl (C=O) groups is 1. The minimum absolute atomic E-state index is 0.431. The molecule has 4 nitrogen and oxygen atoms in total. The van der Waals surface area contributed by atoms with Gasteiger partial charge in [-0.05, 0) is 6.07 Å². The number of nitrogens with one attached hydrogen (secondary N) is 1. The summed E-state index contributed by atoms with van der Waals surface area (Å²) in [6.45, 7) is -0.621. The monoisotopic (exact) mass is 251 g/mol. The molecule has 0 aliphatic rings. The smallest absolute Gasteiger partial charge is 0.381 e. The average molecular weight is 251 g/mol. The Hall–Kier alpha value is -1.86. The highest BCUT2D eigenvalue weighted by Crippen LogP contribution is 2.18. The number of hydrogen-bond donors (Lipinski definition) is 2. The summed E-state index contributed by atoms with van der Waals surface area (Å²) in [6, 6.07) is 1.04. The molecule has 17 heavy (non-hydrogen) atoms. The summed E-state index contributed by atoms with van der Waals surface area (Å²) in [5, 5.41) is 1.94. The Labute approximate surface area is 93.8 Å². The summed E-state index contributed by atoms with van der Waals surface area (Å²) in [7, 11) is 0. The van der Waals surface area contributed by atoms with E-state index < -0.39 is 42.2 Å². The minimum Gasteiger partial charge on any atom is -0.381 e. The molecule has 0 unspecified atom stereocenters. The standard InChI is InChI=1S/C9H9F4N3O/c10-6-5(1-3-15-7(6)14)8(17)16-4-2-9(11,12)13/h1,3H,2,4H2,(H2,14,15)(H,16,17). The number of rotatable bonds is 3. The Morgan fingerprint density at radius 3 is 2.71 bits per heavy atom. The van der Waals surface area contributed by atoms with Gasteiger partial charge in [-0.3, -0.25) is 4.79 Å². The van der Waals surface area contributed by atoms with E-state index in [1.165, 1.54) is 0 Å². The number of amides is 1. The largest absolute Gasteiger partial charge is 0.390 e. The normalized spacial score (nSPS) is 11.3. The summed E-state index contributed by atoms with van der Waals surface area (Å²) in [6.07, 6.45) is -4.46. The third-order valence-electron chi connectivity index (χ3n) is 1.85. The van der Waals surface area contributed by atoms with Crippen molar-refractivity contribution < 1.29 is 22.4 Å². The lowest BCUT2D eigenvalue weighted by molar-refractivity contribution is -0.132. The van der Waals surface area contributed by atoms with Crippen molar-refractivity contribution in [2.75, 3.05) is 12.3 Å². The van der Waals surface area contributed by atoms with Gasteiger partial charge in [-0.1, -0.05) is 0 Å². The molecule has 0 bridgehead atoms. The number of carbonyl (C=O) groups excluding carboxylic acids is 1. The van der Waals surface area contributed by atoms with E-state index in [-0.39, 0.29) is 0 Å². The van der Waals surface area contributed by atoms with Crippen LogP contribution in [0.15, 0.2) is 12.3 Å². The highest BCUT2D eigenvalue weighted by molar-refractivity contribution is 5.95. The predicted molar refractivity (Wildman–Crippen MR) is 51.6 cm³/mol. The van der Waals surface area contributed by atoms with E-state index in [0.29, 0.717) is 0 Å². The number of pyridine rings is 1. The first-order valence-corrected chi connectivity index (χ1v) is 4.56. The summed E-state index contributed by atoms with van der Waals surface area (Å²) in [5.74, 6) is -2.48. The number of nitrogens with two attached hydrogens (primary N) is 1. The summed E-state index contributed by atoms with van der Waals surface area (Å²) >= 11 is 0. The minimum atomic E-state index is -4.37. The molecule has 1 aromatic rings. The molecule has 1 rings (SSSR count). The van der Waals surface area contributed by atoms with Crippen LogP contribution < -0.4 is 11.1 Å². The number of aromatic nitrogens is 1. The molecule has 1 amide bonds. The Morgan fingerprint density at radius 2 is 2.12 bits per heavy atom. The molecule has 0 aliphatic carbocycles. The van der Waals surface area contributed by atoms with Crippen LogP contribution in [0.2, 0.25) is 0 Å². The van der Waals surface area contributed by atoms with Crippen LogP contribution in [0.3, 0.4) is 0 Å². The molecule has 0 fully saturated rings. The maximum atomic E-state index is 13.2. The van der Waals surface area contributed by atoms with Crippen molar-refractivity contribution in [3.63, 3.8) is 0 Å². The molecular formula is C9H9F4N3O. The van der Waals surface area contributed by atoms with Gasteiger partial charge < -0.3 is 11.1 Å². The molecular weight excluding hydrogens is 242 g/mol. The fourth-order valence-electron chi connectivity index (χ4n) is 1.05. The lowest BCUT2D eigenvalue weighted by atomic mass is 10.2. The van der Waals surface area contributed by atoms with Crippen LogP contribution in [0.1, 0.15) is 16.8 Å². The Balaban J connectivity index is 2.62. The topological polar surface area (TPSA) is 68.0 Å². The molecule has 1 aromatic heterocycles. The first kappa shape index (κ1) is 13.2. The number of alkyl halides is 3. The molecule has 0 aromatic carbocycles. The molecule has 0 saturated heterocycles. The number of nitrogens with zero attached hydrogens (tertiary/aromatic N) is 1. The highest BCUT2D eigenvalue weighted by atomic mass is 19.4. The van der Waals surface area contributed by atoms with E-state index in [1.807, 2.05) is 5.32 Å². The van der Waals surface area contributed by atoms with Crippen molar-refractivity contribution in [1.82, 2.24) is 10.3 Å². The molecule has 0 aliphatic heterocycles. The van der Waals surface area contributed by atoms with Crippen LogP contribution in [0, 0.1) is 5.82 Å². The molecule has 8 heteroatoms. The maximum Gasteiger partial charge on any atom is 0.390 e. The molecule has 0 spiro atoms. The highest BCUT2D eigenvalue weighted by Gasteiger charge is 2.26. The lowest BCUT2D eigenvalue weighted by Gasteiger charge is -2.08. The van der Waals surface area contributed by atoms with Crippen LogP contribution in [0.4, 0.5) is 23.4 Å². The Bertz CT molecular complexity index is 419. The summed E-state index contributed by atoms with van der Waals surface area (Å²) < 4.78 is 48.6. The van der Waals surface area contributed by atoms with Gasteiger partial charge in [-0.25, -0.2) is 9.37 Å². The zero-order chi connectivity index (χ0) is 13.1. The van der Waals surface area contributed by atoms with E-state index in [2.05, 4.69) is 4.98 Å². The first-order chi connectivity index (χ1) is 7.81. The second-order valence-electron chi connectivity index (χ2n) is 3.18. The number of anilines is 1. The van der Waals surface area contributed by atoms with Crippen molar-refractivity contribution >= 4 is 11.7 Å². The summed E-state index contributed by atoms with van der Waals surface area (Å²) in [5.41, 5.74) is 4.68. The molecule has 94 valence electrons. The van der Waals surface area contributed by atoms with Gasteiger partial charge in [-0.2, -0.15) is 13.2 Å². The lowest BCUT2D eigenvalue weighted by Crippen LogP contribution is -2.28. The van der Waals surface area contributed by atoms with Crippen LogP contribution in [-0.2, 0) is 0 Å². The van der Waals surface area contributed by atoms with E-state index in [4.69, 9.17) is 5.73 Å². The number of halogens is 4. The fraction of sp³-hybridized carbons (Fsp3) is 0.333. The number of nitrogen functional groups attached to an aromatic ring is 1. The molecule has 0 radical (unpaired) electrons. The second kappa shape index (κ2) is 4.98. The quantitative estimate of drug-likeness (QED) is 0.799. The average Bonchev–Trinajstić information content (AvgIpc) is 2.20. The van der Waals surface area contributed by atoms with Crippen LogP contribution >= 0.6 is 0 Å². The molecule has 0 saturated carbocycles. The second-order valence-corrected chi connectivity index (χ2v) is 3.18. The Kier molecular flexibility index (Phi) is 3.87. The fourth-order valence-corrected chi connectivity index (χ4v) is 1.05. The van der Waals surface area contributed by atoms with Crippen molar-refractivity contribution in [2.24, 2.45) is 0 Å². The van der Waals surface area contributed by atoms with E-state index in [9.17, 15) is 22.4 Å². The molecule has 0 atom stereocenters. The molecule has 1 heterocycles.